The lowest BCUT2D eigenvalue weighted by Crippen LogP contribution is -2.26. The maximum Gasteiger partial charge on any atom is 0.0417 e. The Morgan fingerprint density at radius 3 is 2.69 bits per heavy atom. The molecule has 1 aromatic carbocycles. The van der Waals surface area contributed by atoms with Crippen molar-refractivity contribution in [3.8, 4) is 0 Å². The molecular formula is C10H14ClNS. The molecule has 0 radical (unpaired) electrons. The molecule has 1 nitrogen and oxygen atoms in total. The van der Waals surface area contributed by atoms with Crippen LogP contribution in [0.25, 0.3) is 0 Å². The molecule has 0 amide bonds. The van der Waals surface area contributed by atoms with Gasteiger partial charge in [-0.2, -0.15) is 0 Å². The summed E-state index contributed by atoms with van der Waals surface area (Å²) in [5.74, 6) is 0. The van der Waals surface area contributed by atoms with Crippen LogP contribution in [0.15, 0.2) is 29.2 Å². The Bertz CT molecular complexity index is 286. The fraction of sp³-hybridized carbons (Fsp3) is 0.400. The first-order chi connectivity index (χ1) is 6.03. The average Bonchev–Trinajstić information content (AvgIpc) is 2.03. The molecule has 0 atom stereocenters. The molecule has 0 aromatic heterocycles. The van der Waals surface area contributed by atoms with Crippen LogP contribution in [0.5, 0.6) is 0 Å². The van der Waals surface area contributed by atoms with Gasteiger partial charge in [0, 0.05) is 21.2 Å². The summed E-state index contributed by atoms with van der Waals surface area (Å²) in [4.78, 5) is 1.17. The Morgan fingerprint density at radius 1 is 1.46 bits per heavy atom. The summed E-state index contributed by atoms with van der Waals surface area (Å²) in [6, 6.07) is 7.84. The topological polar surface area (TPSA) is 26.0 Å². The third kappa shape index (κ3) is 3.59. The SMILES string of the molecule is CC(C)(CN)Sc1cccc(Cl)c1. The van der Waals surface area contributed by atoms with E-state index < -0.39 is 0 Å². The molecule has 2 N–H and O–H groups in total. The van der Waals surface area contributed by atoms with Crippen LogP contribution in [-0.2, 0) is 0 Å². The second-order valence-electron chi connectivity index (χ2n) is 3.52. The minimum Gasteiger partial charge on any atom is -0.329 e. The minimum absolute atomic E-state index is 0.0741. The van der Waals surface area contributed by atoms with E-state index in [-0.39, 0.29) is 4.75 Å². The average molecular weight is 216 g/mol. The number of benzene rings is 1. The molecular weight excluding hydrogens is 202 g/mol. The van der Waals surface area contributed by atoms with Crippen molar-refractivity contribution in [3.63, 3.8) is 0 Å². The van der Waals surface area contributed by atoms with Crippen LogP contribution in [-0.4, -0.2) is 11.3 Å². The van der Waals surface area contributed by atoms with E-state index in [0.717, 1.165) is 5.02 Å². The van der Waals surface area contributed by atoms with Crippen LogP contribution in [0.1, 0.15) is 13.8 Å². The number of hydrogen-bond acceptors (Lipinski definition) is 2. The summed E-state index contributed by atoms with van der Waals surface area (Å²) in [6.45, 7) is 4.90. The lowest BCUT2D eigenvalue weighted by atomic mass is 10.2. The molecule has 0 saturated carbocycles. The number of nitrogens with two attached hydrogens (primary N) is 1. The van der Waals surface area contributed by atoms with Gasteiger partial charge in [-0.1, -0.05) is 17.7 Å². The Morgan fingerprint density at radius 2 is 2.15 bits per heavy atom. The molecule has 72 valence electrons. The molecule has 0 bridgehead atoms. The van der Waals surface area contributed by atoms with Gasteiger partial charge in [0.1, 0.15) is 0 Å². The number of rotatable bonds is 3. The van der Waals surface area contributed by atoms with Crippen molar-refractivity contribution in [1.29, 1.82) is 0 Å². The Kier molecular flexibility index (Phi) is 3.65. The van der Waals surface area contributed by atoms with Gasteiger partial charge in [-0.05, 0) is 32.0 Å². The first kappa shape index (κ1) is 10.9. The zero-order chi connectivity index (χ0) is 9.90. The summed E-state index contributed by atoms with van der Waals surface area (Å²) < 4.78 is 0.0741. The third-order valence-corrected chi connectivity index (χ3v) is 3.13. The monoisotopic (exact) mass is 215 g/mol. The largest absolute Gasteiger partial charge is 0.329 e. The first-order valence-electron chi connectivity index (χ1n) is 4.18. The highest BCUT2D eigenvalue weighted by atomic mass is 35.5. The summed E-state index contributed by atoms with van der Waals surface area (Å²) >= 11 is 7.62. The molecule has 0 fully saturated rings. The lowest BCUT2D eigenvalue weighted by molar-refractivity contribution is 0.723. The highest BCUT2D eigenvalue weighted by Gasteiger charge is 2.16. The maximum atomic E-state index is 5.87. The van der Waals surface area contributed by atoms with Gasteiger partial charge in [0.15, 0.2) is 0 Å². The quantitative estimate of drug-likeness (QED) is 0.784. The lowest BCUT2D eigenvalue weighted by Gasteiger charge is -2.21. The van der Waals surface area contributed by atoms with Crippen LogP contribution in [0.3, 0.4) is 0 Å². The van der Waals surface area contributed by atoms with Crippen LogP contribution in [0.2, 0.25) is 5.02 Å². The predicted octanol–water partition coefficient (Wildman–Crippen LogP) is 3.17. The third-order valence-electron chi connectivity index (χ3n) is 1.68. The minimum atomic E-state index is 0.0741. The fourth-order valence-electron chi connectivity index (χ4n) is 0.891. The van der Waals surface area contributed by atoms with E-state index in [0.29, 0.717) is 6.54 Å². The van der Waals surface area contributed by atoms with Crippen molar-refractivity contribution < 1.29 is 0 Å². The Balaban J connectivity index is 2.74. The number of halogens is 1. The van der Waals surface area contributed by atoms with Gasteiger partial charge >= 0.3 is 0 Å². The normalized spacial score (nSPS) is 11.7. The molecule has 0 aliphatic rings. The van der Waals surface area contributed by atoms with Gasteiger partial charge in [-0.3, -0.25) is 0 Å². The molecule has 0 aliphatic carbocycles. The predicted molar refractivity (Wildman–Crippen MR) is 60.4 cm³/mol. The molecule has 0 unspecified atom stereocenters. The van der Waals surface area contributed by atoms with E-state index in [1.807, 2.05) is 24.3 Å². The van der Waals surface area contributed by atoms with E-state index in [2.05, 4.69) is 13.8 Å². The summed E-state index contributed by atoms with van der Waals surface area (Å²) in [6.07, 6.45) is 0. The van der Waals surface area contributed by atoms with Crippen molar-refractivity contribution in [2.45, 2.75) is 23.5 Å². The van der Waals surface area contributed by atoms with E-state index in [1.54, 1.807) is 11.8 Å². The number of hydrogen-bond donors (Lipinski definition) is 1. The molecule has 1 rings (SSSR count). The van der Waals surface area contributed by atoms with Gasteiger partial charge in [0.2, 0.25) is 0 Å². The van der Waals surface area contributed by atoms with Gasteiger partial charge < -0.3 is 5.73 Å². The summed E-state index contributed by atoms with van der Waals surface area (Å²) in [5.41, 5.74) is 5.64. The highest BCUT2D eigenvalue weighted by Crippen LogP contribution is 2.32. The molecule has 3 heteroatoms. The fourth-order valence-corrected chi connectivity index (χ4v) is 2.20. The summed E-state index contributed by atoms with van der Waals surface area (Å²) in [7, 11) is 0. The standard InChI is InChI=1S/C10H14ClNS/c1-10(2,7-12)13-9-5-3-4-8(11)6-9/h3-6H,7,12H2,1-2H3. The van der Waals surface area contributed by atoms with E-state index in [9.17, 15) is 0 Å². The van der Waals surface area contributed by atoms with Crippen molar-refractivity contribution in [2.24, 2.45) is 5.73 Å². The molecule has 13 heavy (non-hydrogen) atoms. The van der Waals surface area contributed by atoms with Crippen LogP contribution in [0, 0.1) is 0 Å². The van der Waals surface area contributed by atoms with Gasteiger partial charge in [-0.25, -0.2) is 0 Å². The molecule has 0 aliphatic heterocycles. The van der Waals surface area contributed by atoms with Crippen LogP contribution < -0.4 is 5.73 Å². The summed E-state index contributed by atoms with van der Waals surface area (Å²) in [5, 5.41) is 0.776. The van der Waals surface area contributed by atoms with Crippen LogP contribution >= 0.6 is 23.4 Å². The van der Waals surface area contributed by atoms with Gasteiger partial charge in [-0.15, -0.1) is 11.8 Å². The second-order valence-corrected chi connectivity index (χ2v) is 5.74. The van der Waals surface area contributed by atoms with E-state index in [4.69, 9.17) is 17.3 Å². The van der Waals surface area contributed by atoms with Crippen molar-refractivity contribution in [1.82, 2.24) is 0 Å². The number of thioether (sulfide) groups is 1. The highest BCUT2D eigenvalue weighted by molar-refractivity contribution is 8.00. The van der Waals surface area contributed by atoms with Crippen molar-refractivity contribution >= 4 is 23.4 Å². The zero-order valence-electron chi connectivity index (χ0n) is 7.88. The Labute approximate surface area is 88.7 Å². The molecule has 1 aromatic rings. The van der Waals surface area contributed by atoms with Crippen molar-refractivity contribution in [3.05, 3.63) is 29.3 Å². The zero-order valence-corrected chi connectivity index (χ0v) is 9.45. The smallest absolute Gasteiger partial charge is 0.0417 e. The van der Waals surface area contributed by atoms with Gasteiger partial charge in [0.25, 0.3) is 0 Å². The first-order valence-corrected chi connectivity index (χ1v) is 5.37. The molecule has 0 saturated heterocycles. The second kappa shape index (κ2) is 4.36. The Hall–Kier alpha value is -0.180. The molecule has 0 spiro atoms. The van der Waals surface area contributed by atoms with Gasteiger partial charge in [0.05, 0.1) is 0 Å². The molecule has 0 heterocycles. The van der Waals surface area contributed by atoms with Crippen molar-refractivity contribution in [2.75, 3.05) is 6.54 Å². The van der Waals surface area contributed by atoms with E-state index in [1.165, 1.54) is 4.90 Å². The maximum absolute atomic E-state index is 5.87. The van der Waals surface area contributed by atoms with E-state index >= 15 is 0 Å². The van der Waals surface area contributed by atoms with Crippen LogP contribution in [0.4, 0.5) is 0 Å².